The van der Waals surface area contributed by atoms with E-state index in [1.165, 1.54) is 18.9 Å². The molecule has 2 atom stereocenters. The predicted molar refractivity (Wildman–Crippen MR) is 52.7 cm³/mol. The molecule has 0 bridgehead atoms. The molecule has 76 valence electrons. The maximum Gasteiger partial charge on any atom is 0.315 e. The number of rotatable bonds is 3. The lowest BCUT2D eigenvalue weighted by molar-refractivity contribution is -0.137. The van der Waals surface area contributed by atoms with E-state index < -0.39 is 0 Å². The van der Waals surface area contributed by atoms with Crippen molar-refractivity contribution in [2.45, 2.75) is 37.0 Å². The van der Waals surface area contributed by atoms with E-state index in [-0.39, 0.29) is 17.3 Å². The third-order valence-electron chi connectivity index (χ3n) is 2.31. The van der Waals surface area contributed by atoms with E-state index in [2.05, 4.69) is 4.74 Å². The van der Waals surface area contributed by atoms with Crippen LogP contribution in [0.3, 0.4) is 0 Å². The molecule has 1 rings (SSSR count). The van der Waals surface area contributed by atoms with Crippen molar-refractivity contribution >= 4 is 17.7 Å². The summed E-state index contributed by atoms with van der Waals surface area (Å²) in [6.07, 6.45) is 3.93. The molecule has 0 spiro atoms. The maximum absolute atomic E-state index is 10.8. The number of aliphatic hydroxyl groups excluding tert-OH is 1. The first-order chi connectivity index (χ1) is 6.24. The van der Waals surface area contributed by atoms with Crippen LogP contribution >= 0.6 is 11.8 Å². The minimum atomic E-state index is -0.233. The number of ether oxygens (including phenoxy) is 1. The van der Waals surface area contributed by atoms with Crippen molar-refractivity contribution in [2.24, 2.45) is 0 Å². The van der Waals surface area contributed by atoms with Gasteiger partial charge in [-0.05, 0) is 12.8 Å². The van der Waals surface area contributed by atoms with Gasteiger partial charge in [0.05, 0.1) is 19.0 Å². The number of carbonyl (C=O) groups excluding carboxylic acids is 1. The summed E-state index contributed by atoms with van der Waals surface area (Å²) < 4.78 is 4.54. The number of thioether (sulfide) groups is 1. The highest BCUT2D eigenvalue weighted by Crippen LogP contribution is 2.28. The van der Waals surface area contributed by atoms with E-state index in [1.54, 1.807) is 0 Å². The number of aliphatic hydroxyl groups is 1. The van der Waals surface area contributed by atoms with Crippen molar-refractivity contribution in [1.29, 1.82) is 0 Å². The summed E-state index contributed by atoms with van der Waals surface area (Å²) in [6.45, 7) is 0. The lowest BCUT2D eigenvalue weighted by Gasteiger charge is -2.26. The lowest BCUT2D eigenvalue weighted by Crippen LogP contribution is -2.28. The van der Waals surface area contributed by atoms with Crippen molar-refractivity contribution in [3.63, 3.8) is 0 Å². The molecule has 0 aromatic heterocycles. The van der Waals surface area contributed by atoms with Crippen LogP contribution < -0.4 is 0 Å². The molecule has 0 heterocycles. The Labute approximate surface area is 82.8 Å². The SMILES string of the molecule is COC(=O)CSC1CCCCC1O. The van der Waals surface area contributed by atoms with E-state index in [9.17, 15) is 9.90 Å². The molecule has 0 radical (unpaired) electrons. The van der Waals surface area contributed by atoms with Gasteiger partial charge in [0.25, 0.3) is 0 Å². The summed E-state index contributed by atoms with van der Waals surface area (Å²) in [5.74, 6) is 0.154. The molecule has 1 fully saturated rings. The molecule has 0 saturated heterocycles. The highest BCUT2D eigenvalue weighted by atomic mass is 32.2. The number of hydrogen-bond acceptors (Lipinski definition) is 4. The average Bonchev–Trinajstić information content (AvgIpc) is 2.16. The highest BCUT2D eigenvalue weighted by Gasteiger charge is 2.23. The standard InChI is InChI=1S/C9H16O3S/c1-12-9(11)6-13-8-5-3-2-4-7(8)10/h7-8,10H,2-6H2,1H3. The molecule has 0 aromatic carbocycles. The largest absolute Gasteiger partial charge is 0.468 e. The third-order valence-corrected chi connectivity index (χ3v) is 3.69. The highest BCUT2D eigenvalue weighted by molar-refractivity contribution is 8.00. The van der Waals surface area contributed by atoms with Crippen molar-refractivity contribution in [2.75, 3.05) is 12.9 Å². The summed E-state index contributed by atoms with van der Waals surface area (Å²) in [4.78, 5) is 10.8. The summed E-state index contributed by atoms with van der Waals surface area (Å²) in [5.41, 5.74) is 0. The van der Waals surface area contributed by atoms with Gasteiger partial charge in [0, 0.05) is 5.25 Å². The fourth-order valence-corrected chi connectivity index (χ4v) is 2.67. The molecule has 1 saturated carbocycles. The number of methoxy groups -OCH3 is 1. The Morgan fingerprint density at radius 3 is 2.85 bits per heavy atom. The smallest absolute Gasteiger partial charge is 0.315 e. The third kappa shape index (κ3) is 3.56. The quantitative estimate of drug-likeness (QED) is 0.702. The zero-order chi connectivity index (χ0) is 9.68. The fraction of sp³-hybridized carbons (Fsp3) is 0.889. The molecule has 0 amide bonds. The van der Waals surface area contributed by atoms with Gasteiger partial charge in [-0.2, -0.15) is 0 Å². The van der Waals surface area contributed by atoms with Crippen molar-refractivity contribution in [1.82, 2.24) is 0 Å². The van der Waals surface area contributed by atoms with Crippen LogP contribution in [0.5, 0.6) is 0 Å². The normalized spacial score (nSPS) is 28.5. The van der Waals surface area contributed by atoms with Gasteiger partial charge >= 0.3 is 5.97 Å². The monoisotopic (exact) mass is 204 g/mol. The molecule has 1 N–H and O–H groups in total. The van der Waals surface area contributed by atoms with Crippen molar-refractivity contribution < 1.29 is 14.6 Å². The molecular weight excluding hydrogens is 188 g/mol. The molecule has 1 aliphatic carbocycles. The molecule has 3 nitrogen and oxygen atoms in total. The minimum Gasteiger partial charge on any atom is -0.468 e. The molecule has 2 unspecified atom stereocenters. The van der Waals surface area contributed by atoms with Gasteiger partial charge < -0.3 is 9.84 Å². The first-order valence-electron chi connectivity index (χ1n) is 4.60. The molecular formula is C9H16O3S. The van der Waals surface area contributed by atoms with Crippen LogP contribution in [-0.2, 0) is 9.53 Å². The van der Waals surface area contributed by atoms with Crippen LogP contribution in [0.2, 0.25) is 0 Å². The summed E-state index contributed by atoms with van der Waals surface area (Å²) >= 11 is 1.51. The second kappa shape index (κ2) is 5.50. The predicted octanol–water partition coefficient (Wildman–Crippen LogP) is 1.20. The second-order valence-electron chi connectivity index (χ2n) is 3.28. The average molecular weight is 204 g/mol. The summed E-state index contributed by atoms with van der Waals surface area (Å²) in [5, 5.41) is 9.81. The maximum atomic E-state index is 10.8. The van der Waals surface area contributed by atoms with E-state index in [0.717, 1.165) is 25.7 Å². The first kappa shape index (κ1) is 10.9. The number of carbonyl (C=O) groups is 1. The van der Waals surface area contributed by atoms with Gasteiger partial charge in [-0.1, -0.05) is 12.8 Å². The van der Waals surface area contributed by atoms with Crippen LogP contribution in [0.4, 0.5) is 0 Å². The Kier molecular flexibility index (Phi) is 4.59. The molecule has 0 aromatic rings. The fourth-order valence-electron chi connectivity index (χ4n) is 1.51. The van der Waals surface area contributed by atoms with E-state index in [1.807, 2.05) is 0 Å². The summed E-state index contributed by atoms with van der Waals surface area (Å²) in [7, 11) is 1.39. The minimum absolute atomic E-state index is 0.206. The van der Waals surface area contributed by atoms with Gasteiger partial charge in [0.1, 0.15) is 0 Å². The lowest BCUT2D eigenvalue weighted by atomic mass is 9.97. The molecule has 0 aliphatic heterocycles. The van der Waals surface area contributed by atoms with Gasteiger partial charge in [0.15, 0.2) is 0 Å². The van der Waals surface area contributed by atoms with Crippen LogP contribution in [-0.4, -0.2) is 35.3 Å². The summed E-state index contributed by atoms with van der Waals surface area (Å²) in [6, 6.07) is 0. The van der Waals surface area contributed by atoms with Gasteiger partial charge in [-0.15, -0.1) is 11.8 Å². The Morgan fingerprint density at radius 1 is 1.54 bits per heavy atom. The van der Waals surface area contributed by atoms with Gasteiger partial charge in [-0.25, -0.2) is 0 Å². The zero-order valence-corrected chi connectivity index (χ0v) is 8.68. The Bertz CT molecular complexity index is 172. The van der Waals surface area contributed by atoms with E-state index in [4.69, 9.17) is 0 Å². The van der Waals surface area contributed by atoms with Crippen molar-refractivity contribution in [3.05, 3.63) is 0 Å². The van der Waals surface area contributed by atoms with E-state index >= 15 is 0 Å². The topological polar surface area (TPSA) is 46.5 Å². The van der Waals surface area contributed by atoms with Crippen LogP contribution in [0, 0.1) is 0 Å². The first-order valence-corrected chi connectivity index (χ1v) is 5.65. The second-order valence-corrected chi connectivity index (χ2v) is 4.50. The zero-order valence-electron chi connectivity index (χ0n) is 7.86. The number of esters is 1. The molecule has 1 aliphatic rings. The molecule has 4 heteroatoms. The molecule has 13 heavy (non-hydrogen) atoms. The van der Waals surface area contributed by atoms with Crippen LogP contribution in [0.1, 0.15) is 25.7 Å². The van der Waals surface area contributed by atoms with Crippen LogP contribution in [0.25, 0.3) is 0 Å². The Morgan fingerprint density at radius 2 is 2.23 bits per heavy atom. The van der Waals surface area contributed by atoms with E-state index in [0.29, 0.717) is 5.75 Å². The Balaban J connectivity index is 2.22. The van der Waals surface area contributed by atoms with Gasteiger partial charge in [-0.3, -0.25) is 4.79 Å². The van der Waals surface area contributed by atoms with Crippen LogP contribution in [0.15, 0.2) is 0 Å². The Hall–Kier alpha value is -0.220. The van der Waals surface area contributed by atoms with Crippen molar-refractivity contribution in [3.8, 4) is 0 Å². The van der Waals surface area contributed by atoms with Gasteiger partial charge in [0.2, 0.25) is 0 Å². The number of hydrogen-bond donors (Lipinski definition) is 1.